The van der Waals surface area contributed by atoms with Crippen LogP contribution in [0.2, 0.25) is 0 Å². The van der Waals surface area contributed by atoms with Crippen molar-refractivity contribution in [2.24, 2.45) is 5.10 Å². The van der Waals surface area contributed by atoms with Gasteiger partial charge in [0.1, 0.15) is 0 Å². The molecule has 1 amide bonds. The number of carbonyl (C=O) groups excluding carboxylic acids is 1. The van der Waals surface area contributed by atoms with Crippen molar-refractivity contribution in [3.05, 3.63) is 11.6 Å². The van der Waals surface area contributed by atoms with E-state index < -0.39 is 0 Å². The van der Waals surface area contributed by atoms with Crippen LogP contribution in [0.3, 0.4) is 0 Å². The van der Waals surface area contributed by atoms with Crippen LogP contribution in [0.4, 0.5) is 0 Å². The van der Waals surface area contributed by atoms with Crippen molar-refractivity contribution in [1.82, 2.24) is 5.43 Å². The number of nitrogens with one attached hydrogen (secondary N) is 1. The quantitative estimate of drug-likeness (QED) is 0.468. The van der Waals surface area contributed by atoms with E-state index in [1.807, 2.05) is 6.92 Å². The van der Waals surface area contributed by atoms with Crippen LogP contribution >= 0.6 is 0 Å². The highest BCUT2D eigenvalue weighted by molar-refractivity contribution is 6.23. The Morgan fingerprint density at radius 3 is 2.56 bits per heavy atom. The van der Waals surface area contributed by atoms with Crippen molar-refractivity contribution in [3.8, 4) is 0 Å². The van der Waals surface area contributed by atoms with Crippen molar-refractivity contribution in [2.45, 2.75) is 13.8 Å². The fraction of sp³-hybridized carbons (Fsp3) is 0.333. The second-order valence-electron chi connectivity index (χ2n) is 1.84. The molecule has 0 atom stereocenters. The average Bonchev–Trinajstić information content (AvgIpc) is 2.12. The van der Waals surface area contributed by atoms with Gasteiger partial charge in [0, 0.05) is 0 Å². The largest absolute Gasteiger partial charge is 0.272 e. The summed E-state index contributed by atoms with van der Waals surface area (Å²) in [5.41, 5.74) is 3.79. The molecule has 0 saturated heterocycles. The van der Waals surface area contributed by atoms with Crippen LogP contribution in [0.15, 0.2) is 16.8 Å². The maximum atomic E-state index is 10.7. The van der Waals surface area contributed by atoms with E-state index >= 15 is 0 Å². The van der Waals surface area contributed by atoms with Crippen LogP contribution in [0.25, 0.3) is 0 Å². The number of nitrogens with zero attached hydrogens (tertiary/aromatic N) is 1. The van der Waals surface area contributed by atoms with Gasteiger partial charge in [0.15, 0.2) is 0 Å². The van der Waals surface area contributed by atoms with Crippen LogP contribution in [-0.4, -0.2) is 11.6 Å². The molecule has 1 rings (SSSR count). The topological polar surface area (TPSA) is 41.5 Å². The first-order valence-electron chi connectivity index (χ1n) is 2.77. The summed E-state index contributed by atoms with van der Waals surface area (Å²) in [5, 5.41) is 3.72. The summed E-state index contributed by atoms with van der Waals surface area (Å²) >= 11 is 0. The number of allylic oxidation sites excluding steroid dienone is 1. The summed E-state index contributed by atoms with van der Waals surface area (Å²) in [6.07, 6.45) is 1.75. The van der Waals surface area contributed by atoms with E-state index in [1.54, 1.807) is 13.0 Å². The van der Waals surface area contributed by atoms with Gasteiger partial charge in [-0.25, -0.2) is 5.43 Å². The zero-order chi connectivity index (χ0) is 6.85. The second kappa shape index (κ2) is 2.01. The molecule has 1 heterocycles. The Balaban J connectivity index is 2.93. The van der Waals surface area contributed by atoms with Gasteiger partial charge in [0.05, 0.1) is 11.3 Å². The molecule has 3 heteroatoms. The summed E-state index contributed by atoms with van der Waals surface area (Å²) in [6, 6.07) is 0. The molecule has 0 aliphatic carbocycles. The van der Waals surface area contributed by atoms with Crippen LogP contribution in [-0.2, 0) is 4.79 Å². The molecule has 0 aromatic rings. The number of amides is 1. The first-order chi connectivity index (χ1) is 4.25. The minimum Gasteiger partial charge on any atom is -0.267 e. The Kier molecular flexibility index (Phi) is 1.34. The summed E-state index contributed by atoms with van der Waals surface area (Å²) in [6.45, 7) is 3.62. The van der Waals surface area contributed by atoms with Gasteiger partial charge in [-0.3, -0.25) is 4.79 Å². The van der Waals surface area contributed by atoms with Crippen molar-refractivity contribution < 1.29 is 4.79 Å². The van der Waals surface area contributed by atoms with Crippen LogP contribution in [0.1, 0.15) is 13.8 Å². The molecule has 0 aromatic carbocycles. The molecule has 48 valence electrons. The highest BCUT2D eigenvalue weighted by atomic mass is 16.2. The van der Waals surface area contributed by atoms with Crippen LogP contribution < -0.4 is 5.43 Å². The van der Waals surface area contributed by atoms with E-state index in [4.69, 9.17) is 0 Å². The lowest BCUT2D eigenvalue weighted by atomic mass is 10.2. The number of rotatable bonds is 0. The third-order valence-electron chi connectivity index (χ3n) is 1.25. The van der Waals surface area contributed by atoms with Crippen LogP contribution in [0.5, 0.6) is 0 Å². The predicted molar refractivity (Wildman–Crippen MR) is 35.0 cm³/mol. The molecule has 0 bridgehead atoms. The Morgan fingerprint density at radius 2 is 2.33 bits per heavy atom. The molecular formula is C6H8N2O. The zero-order valence-corrected chi connectivity index (χ0v) is 5.43. The van der Waals surface area contributed by atoms with Gasteiger partial charge in [-0.2, -0.15) is 5.10 Å². The minimum atomic E-state index is -0.102. The van der Waals surface area contributed by atoms with Gasteiger partial charge in [-0.1, -0.05) is 6.08 Å². The molecule has 0 aromatic heterocycles. The lowest BCUT2D eigenvalue weighted by Crippen LogP contribution is -2.12. The van der Waals surface area contributed by atoms with E-state index in [0.717, 1.165) is 5.71 Å². The average molecular weight is 124 g/mol. The van der Waals surface area contributed by atoms with Gasteiger partial charge in [0.2, 0.25) is 0 Å². The number of hydrazone groups is 1. The van der Waals surface area contributed by atoms with Gasteiger partial charge in [0.25, 0.3) is 5.91 Å². The van der Waals surface area contributed by atoms with Gasteiger partial charge < -0.3 is 0 Å². The van der Waals surface area contributed by atoms with E-state index in [1.165, 1.54) is 0 Å². The number of hydrogen-bond donors (Lipinski definition) is 1. The first kappa shape index (κ1) is 6.01. The van der Waals surface area contributed by atoms with Crippen molar-refractivity contribution in [3.63, 3.8) is 0 Å². The maximum Gasteiger partial charge on any atom is 0.272 e. The standard InChI is InChI=1S/C6H8N2O/c1-3-5-4(2)7-8-6(5)9/h3H,1-2H3,(H,8,9)/b5-3+. The molecule has 0 spiro atoms. The summed E-state index contributed by atoms with van der Waals surface area (Å²) in [5.74, 6) is -0.102. The molecule has 3 nitrogen and oxygen atoms in total. The smallest absolute Gasteiger partial charge is 0.267 e. The third-order valence-corrected chi connectivity index (χ3v) is 1.25. The molecule has 0 fully saturated rings. The highest BCUT2D eigenvalue weighted by Crippen LogP contribution is 2.03. The van der Waals surface area contributed by atoms with E-state index in [0.29, 0.717) is 5.57 Å². The zero-order valence-electron chi connectivity index (χ0n) is 5.43. The Morgan fingerprint density at radius 1 is 1.67 bits per heavy atom. The number of carbonyl (C=O) groups is 1. The third kappa shape index (κ3) is 0.850. The van der Waals surface area contributed by atoms with Crippen LogP contribution in [0, 0.1) is 0 Å². The van der Waals surface area contributed by atoms with Gasteiger partial charge in [-0.15, -0.1) is 0 Å². The lowest BCUT2D eigenvalue weighted by molar-refractivity contribution is -0.116. The molecule has 0 unspecified atom stereocenters. The predicted octanol–water partition coefficient (Wildman–Crippen LogP) is 0.438. The van der Waals surface area contributed by atoms with Gasteiger partial charge in [-0.05, 0) is 13.8 Å². The summed E-state index contributed by atoms with van der Waals surface area (Å²) < 4.78 is 0. The van der Waals surface area contributed by atoms with Gasteiger partial charge >= 0.3 is 0 Å². The molecule has 1 aliphatic heterocycles. The Labute approximate surface area is 53.4 Å². The fourth-order valence-electron chi connectivity index (χ4n) is 0.759. The fourth-order valence-corrected chi connectivity index (χ4v) is 0.759. The van der Waals surface area contributed by atoms with E-state index in [-0.39, 0.29) is 5.91 Å². The lowest BCUT2D eigenvalue weighted by Gasteiger charge is -1.87. The van der Waals surface area contributed by atoms with Crippen molar-refractivity contribution >= 4 is 11.6 Å². The monoisotopic (exact) mass is 124 g/mol. The molecule has 1 N–H and O–H groups in total. The molecule has 9 heavy (non-hydrogen) atoms. The first-order valence-corrected chi connectivity index (χ1v) is 2.77. The summed E-state index contributed by atoms with van der Waals surface area (Å²) in [7, 11) is 0. The SMILES string of the molecule is C/C=C1/C(=O)NN=C1C. The Bertz CT molecular complexity index is 203. The number of hydrogen-bond acceptors (Lipinski definition) is 2. The highest BCUT2D eigenvalue weighted by Gasteiger charge is 2.16. The molecule has 1 aliphatic rings. The molecule has 0 saturated carbocycles. The van der Waals surface area contributed by atoms with E-state index in [9.17, 15) is 4.79 Å². The van der Waals surface area contributed by atoms with Crippen molar-refractivity contribution in [2.75, 3.05) is 0 Å². The normalized spacial score (nSPS) is 22.2. The summed E-state index contributed by atoms with van der Waals surface area (Å²) in [4.78, 5) is 10.7. The molecule has 0 radical (unpaired) electrons. The minimum absolute atomic E-state index is 0.102. The second-order valence-corrected chi connectivity index (χ2v) is 1.84. The molecular weight excluding hydrogens is 116 g/mol. The van der Waals surface area contributed by atoms with E-state index in [2.05, 4.69) is 10.5 Å². The Hall–Kier alpha value is -1.12. The van der Waals surface area contributed by atoms with Crippen molar-refractivity contribution in [1.29, 1.82) is 0 Å². The maximum absolute atomic E-state index is 10.7.